The second-order valence-electron chi connectivity index (χ2n) is 6.90. The van der Waals surface area contributed by atoms with Crippen molar-refractivity contribution >= 4 is 29.2 Å². The lowest BCUT2D eigenvalue weighted by atomic mass is 10.1. The summed E-state index contributed by atoms with van der Waals surface area (Å²) in [6.45, 7) is 0.241. The first-order valence-electron chi connectivity index (χ1n) is 9.36. The Kier molecular flexibility index (Phi) is 5.72. The number of rotatable bonds is 6. The Morgan fingerprint density at radius 1 is 1.23 bits per heavy atom. The second kappa shape index (κ2) is 8.59. The minimum absolute atomic E-state index is 0.0298. The number of esters is 1. The van der Waals surface area contributed by atoms with E-state index in [0.29, 0.717) is 27.9 Å². The summed E-state index contributed by atoms with van der Waals surface area (Å²) in [7, 11) is 1.59. The van der Waals surface area contributed by atoms with E-state index in [4.69, 9.17) is 25.6 Å². The second-order valence-corrected chi connectivity index (χ2v) is 7.34. The summed E-state index contributed by atoms with van der Waals surface area (Å²) >= 11 is 5.89. The zero-order valence-corrected chi connectivity index (χ0v) is 17.0. The Morgan fingerprint density at radius 2 is 2.03 bits per heavy atom. The molecule has 1 aliphatic rings. The fourth-order valence-corrected chi connectivity index (χ4v) is 3.42. The molecule has 0 bridgehead atoms. The van der Waals surface area contributed by atoms with Gasteiger partial charge in [-0.1, -0.05) is 28.9 Å². The van der Waals surface area contributed by atoms with Gasteiger partial charge in [0.05, 0.1) is 13.0 Å². The van der Waals surface area contributed by atoms with E-state index < -0.39 is 11.9 Å². The first-order valence-corrected chi connectivity index (χ1v) is 9.74. The molecule has 1 unspecified atom stereocenters. The van der Waals surface area contributed by atoms with Gasteiger partial charge in [-0.15, -0.1) is 0 Å². The zero-order valence-electron chi connectivity index (χ0n) is 16.2. The summed E-state index contributed by atoms with van der Waals surface area (Å²) in [5, 5.41) is 4.53. The number of carbonyl (C=O) groups is 2. The lowest BCUT2D eigenvalue weighted by Gasteiger charge is -2.16. The van der Waals surface area contributed by atoms with E-state index in [1.807, 2.05) is 24.3 Å². The fourth-order valence-electron chi connectivity index (χ4n) is 3.29. The van der Waals surface area contributed by atoms with Crippen molar-refractivity contribution in [1.82, 2.24) is 5.16 Å². The van der Waals surface area contributed by atoms with Crippen LogP contribution in [0.2, 0.25) is 5.02 Å². The molecule has 2 aromatic carbocycles. The molecule has 0 N–H and O–H groups in total. The average Bonchev–Trinajstić information content (AvgIpc) is 3.40. The van der Waals surface area contributed by atoms with Gasteiger partial charge in [-0.25, -0.2) is 0 Å². The van der Waals surface area contributed by atoms with Crippen LogP contribution in [-0.4, -0.2) is 30.7 Å². The number of benzene rings is 2. The minimum Gasteiger partial charge on any atom is -0.497 e. The van der Waals surface area contributed by atoms with Crippen LogP contribution in [-0.2, 0) is 20.9 Å². The molecule has 154 valence electrons. The topological polar surface area (TPSA) is 81.9 Å². The molecular formula is C22H19ClN2O5. The van der Waals surface area contributed by atoms with Crippen molar-refractivity contribution in [3.05, 3.63) is 65.3 Å². The fraction of sp³-hybridized carbons (Fsp3) is 0.227. The zero-order chi connectivity index (χ0) is 21.1. The van der Waals surface area contributed by atoms with E-state index in [0.717, 1.165) is 5.56 Å². The van der Waals surface area contributed by atoms with Crippen LogP contribution in [0.1, 0.15) is 12.1 Å². The standard InChI is InChI=1S/C22H19ClN2O5/c1-28-19-4-2-3-14(9-19)20-11-17(24-30-20)13-29-22(27)15-10-21(26)25(12-15)18-7-5-16(23)6-8-18/h2-9,11,15H,10,12-13H2,1H3. The number of aromatic nitrogens is 1. The Balaban J connectivity index is 1.35. The number of ether oxygens (including phenoxy) is 2. The van der Waals surface area contributed by atoms with Gasteiger partial charge in [-0.2, -0.15) is 0 Å². The number of methoxy groups -OCH3 is 1. The summed E-state index contributed by atoms with van der Waals surface area (Å²) in [5.74, 6) is 0.155. The summed E-state index contributed by atoms with van der Waals surface area (Å²) in [5.41, 5.74) is 2.00. The molecule has 0 radical (unpaired) electrons. The first-order chi connectivity index (χ1) is 14.5. The van der Waals surface area contributed by atoms with Gasteiger partial charge >= 0.3 is 5.97 Å². The SMILES string of the molecule is COc1cccc(-c2cc(COC(=O)C3CC(=O)N(c4ccc(Cl)cc4)C3)no2)c1. The van der Waals surface area contributed by atoms with Crippen molar-refractivity contribution in [1.29, 1.82) is 0 Å². The van der Waals surface area contributed by atoms with Crippen molar-refractivity contribution in [3.63, 3.8) is 0 Å². The highest BCUT2D eigenvalue weighted by atomic mass is 35.5. The molecule has 1 fully saturated rings. The van der Waals surface area contributed by atoms with Gasteiger partial charge in [0, 0.05) is 35.3 Å². The molecule has 1 atom stereocenters. The first kappa shape index (κ1) is 20.0. The lowest BCUT2D eigenvalue weighted by Crippen LogP contribution is -2.26. The maximum absolute atomic E-state index is 12.5. The van der Waals surface area contributed by atoms with E-state index >= 15 is 0 Å². The molecule has 7 nitrogen and oxygen atoms in total. The van der Waals surface area contributed by atoms with Crippen LogP contribution in [0.3, 0.4) is 0 Å². The van der Waals surface area contributed by atoms with Crippen molar-refractivity contribution in [3.8, 4) is 17.1 Å². The molecule has 1 aromatic heterocycles. The Morgan fingerprint density at radius 3 is 2.80 bits per heavy atom. The van der Waals surface area contributed by atoms with Crippen LogP contribution in [0.5, 0.6) is 5.75 Å². The monoisotopic (exact) mass is 426 g/mol. The third kappa shape index (κ3) is 4.31. The Labute approximate surface area is 178 Å². The Hall–Kier alpha value is -3.32. The number of hydrogen-bond donors (Lipinski definition) is 0. The number of halogens is 1. The maximum atomic E-state index is 12.5. The average molecular weight is 427 g/mol. The molecule has 0 aliphatic carbocycles. The Bertz CT molecular complexity index is 1060. The highest BCUT2D eigenvalue weighted by Gasteiger charge is 2.36. The lowest BCUT2D eigenvalue weighted by molar-refractivity contribution is -0.149. The van der Waals surface area contributed by atoms with E-state index in [-0.39, 0.29) is 25.5 Å². The highest BCUT2D eigenvalue weighted by Crippen LogP contribution is 2.28. The van der Waals surface area contributed by atoms with E-state index in [9.17, 15) is 9.59 Å². The molecule has 3 aromatic rings. The molecular weight excluding hydrogens is 408 g/mol. The predicted molar refractivity (Wildman–Crippen MR) is 110 cm³/mol. The van der Waals surface area contributed by atoms with E-state index in [1.54, 1.807) is 42.3 Å². The third-order valence-electron chi connectivity index (χ3n) is 4.87. The molecule has 4 rings (SSSR count). The van der Waals surface area contributed by atoms with E-state index in [2.05, 4.69) is 5.16 Å². The van der Waals surface area contributed by atoms with Crippen molar-refractivity contribution in [2.75, 3.05) is 18.6 Å². The van der Waals surface area contributed by atoms with Crippen LogP contribution >= 0.6 is 11.6 Å². The van der Waals surface area contributed by atoms with Gasteiger partial charge in [-0.05, 0) is 36.4 Å². The molecule has 0 spiro atoms. The maximum Gasteiger partial charge on any atom is 0.311 e. The van der Waals surface area contributed by atoms with Crippen molar-refractivity contribution < 1.29 is 23.6 Å². The van der Waals surface area contributed by atoms with Gasteiger partial charge in [0.1, 0.15) is 18.1 Å². The smallest absolute Gasteiger partial charge is 0.311 e. The number of hydrogen-bond acceptors (Lipinski definition) is 6. The molecule has 1 aliphatic heterocycles. The predicted octanol–water partition coefficient (Wildman–Crippen LogP) is 4.10. The van der Waals surface area contributed by atoms with Crippen molar-refractivity contribution in [2.45, 2.75) is 13.0 Å². The van der Waals surface area contributed by atoms with Gasteiger partial charge in [0.15, 0.2) is 5.76 Å². The van der Waals surface area contributed by atoms with Crippen LogP contribution < -0.4 is 9.64 Å². The minimum atomic E-state index is -0.530. The summed E-state index contributed by atoms with van der Waals surface area (Å²) < 4.78 is 15.9. The molecule has 1 amide bonds. The summed E-state index contributed by atoms with van der Waals surface area (Å²) in [6, 6.07) is 16.0. The highest BCUT2D eigenvalue weighted by molar-refractivity contribution is 6.30. The van der Waals surface area contributed by atoms with Gasteiger partial charge in [0.2, 0.25) is 5.91 Å². The largest absolute Gasteiger partial charge is 0.497 e. The van der Waals surface area contributed by atoms with Crippen LogP contribution in [0.4, 0.5) is 5.69 Å². The van der Waals surface area contributed by atoms with Crippen molar-refractivity contribution in [2.24, 2.45) is 5.92 Å². The number of anilines is 1. The number of nitrogens with zero attached hydrogens (tertiary/aromatic N) is 2. The van der Waals surface area contributed by atoms with Crippen LogP contribution in [0.25, 0.3) is 11.3 Å². The van der Waals surface area contributed by atoms with Crippen LogP contribution in [0, 0.1) is 5.92 Å². The molecule has 1 saturated heterocycles. The normalized spacial score (nSPS) is 16.0. The van der Waals surface area contributed by atoms with Crippen LogP contribution in [0.15, 0.2) is 59.1 Å². The third-order valence-corrected chi connectivity index (χ3v) is 5.12. The number of carbonyl (C=O) groups excluding carboxylic acids is 2. The summed E-state index contributed by atoms with van der Waals surface area (Å²) in [6.07, 6.45) is 0.106. The molecule has 30 heavy (non-hydrogen) atoms. The molecule has 8 heteroatoms. The van der Waals surface area contributed by atoms with E-state index in [1.165, 1.54) is 0 Å². The van der Waals surface area contributed by atoms with Gasteiger partial charge < -0.3 is 18.9 Å². The van der Waals surface area contributed by atoms with Gasteiger partial charge in [0.25, 0.3) is 0 Å². The summed E-state index contributed by atoms with van der Waals surface area (Å²) in [4.78, 5) is 26.3. The molecule has 0 saturated carbocycles. The number of amides is 1. The molecule has 2 heterocycles. The quantitative estimate of drug-likeness (QED) is 0.552. The van der Waals surface area contributed by atoms with Gasteiger partial charge in [-0.3, -0.25) is 9.59 Å².